The fourth-order valence-electron chi connectivity index (χ4n) is 2.97. The van der Waals surface area contributed by atoms with Crippen LogP contribution in [-0.4, -0.2) is 46.1 Å². The number of para-hydroxylation sites is 1. The van der Waals surface area contributed by atoms with Gasteiger partial charge >= 0.3 is 0 Å². The number of sulfonamides is 1. The highest BCUT2D eigenvalue weighted by molar-refractivity contribution is 7.92. The monoisotopic (exact) mass is 434 g/mol. The van der Waals surface area contributed by atoms with Crippen molar-refractivity contribution in [2.24, 2.45) is 0 Å². The molecular weight excluding hydrogens is 408 g/mol. The standard InChI is InChI=1S/C21H26N2O6S/c1-4-30(25,26)23(17-9-10-19-20(11-17)29-14-28-19)12-21(24)22-16(3)13-27-18-8-6-5-7-15(18)2/h5-11,16H,4,12-14H2,1-3H3,(H,22,24)/t16-/m0/s1. The van der Waals surface area contributed by atoms with Gasteiger partial charge in [0.25, 0.3) is 0 Å². The minimum atomic E-state index is -3.68. The molecule has 0 saturated carbocycles. The number of nitrogens with zero attached hydrogens (tertiary/aromatic N) is 1. The van der Waals surface area contributed by atoms with E-state index in [0.29, 0.717) is 17.2 Å². The average molecular weight is 435 g/mol. The van der Waals surface area contributed by atoms with Crippen molar-refractivity contribution >= 4 is 21.6 Å². The van der Waals surface area contributed by atoms with Crippen LogP contribution in [0.2, 0.25) is 0 Å². The first-order valence-corrected chi connectivity index (χ1v) is 11.3. The molecule has 1 amide bonds. The highest BCUT2D eigenvalue weighted by Crippen LogP contribution is 2.36. The molecule has 162 valence electrons. The highest BCUT2D eigenvalue weighted by Gasteiger charge is 2.26. The number of nitrogens with one attached hydrogen (secondary N) is 1. The van der Waals surface area contributed by atoms with Crippen molar-refractivity contribution in [1.29, 1.82) is 0 Å². The van der Waals surface area contributed by atoms with E-state index in [-0.39, 0.29) is 31.7 Å². The Morgan fingerprint density at radius 2 is 1.93 bits per heavy atom. The Balaban J connectivity index is 1.65. The van der Waals surface area contributed by atoms with Gasteiger partial charge in [-0.15, -0.1) is 0 Å². The molecule has 1 aliphatic heterocycles. The van der Waals surface area contributed by atoms with Crippen LogP contribution >= 0.6 is 0 Å². The lowest BCUT2D eigenvalue weighted by Crippen LogP contribution is -2.45. The molecule has 0 aliphatic carbocycles. The highest BCUT2D eigenvalue weighted by atomic mass is 32.2. The zero-order valence-electron chi connectivity index (χ0n) is 17.3. The molecule has 1 N–H and O–H groups in total. The Hall–Kier alpha value is -2.94. The Morgan fingerprint density at radius 3 is 2.67 bits per heavy atom. The van der Waals surface area contributed by atoms with Gasteiger partial charge in [-0.2, -0.15) is 0 Å². The topological polar surface area (TPSA) is 94.2 Å². The zero-order chi connectivity index (χ0) is 21.7. The molecule has 9 heteroatoms. The molecule has 2 aromatic carbocycles. The summed E-state index contributed by atoms with van der Waals surface area (Å²) in [7, 11) is -3.68. The van der Waals surface area contributed by atoms with Gasteiger partial charge in [0.15, 0.2) is 11.5 Å². The zero-order valence-corrected chi connectivity index (χ0v) is 18.1. The Kier molecular flexibility index (Phi) is 6.71. The second kappa shape index (κ2) is 9.25. The summed E-state index contributed by atoms with van der Waals surface area (Å²) >= 11 is 0. The van der Waals surface area contributed by atoms with Crippen molar-refractivity contribution < 1.29 is 27.4 Å². The lowest BCUT2D eigenvalue weighted by Gasteiger charge is -2.24. The van der Waals surface area contributed by atoms with Crippen molar-refractivity contribution in [2.45, 2.75) is 26.8 Å². The lowest BCUT2D eigenvalue weighted by molar-refractivity contribution is -0.120. The smallest absolute Gasteiger partial charge is 0.241 e. The molecule has 0 saturated heterocycles. The van der Waals surface area contributed by atoms with E-state index < -0.39 is 15.9 Å². The fourth-order valence-corrected chi connectivity index (χ4v) is 4.03. The maximum absolute atomic E-state index is 12.6. The van der Waals surface area contributed by atoms with E-state index in [0.717, 1.165) is 15.6 Å². The van der Waals surface area contributed by atoms with Gasteiger partial charge in [0, 0.05) is 6.07 Å². The van der Waals surface area contributed by atoms with E-state index in [2.05, 4.69) is 5.32 Å². The summed E-state index contributed by atoms with van der Waals surface area (Å²) in [6, 6.07) is 12.1. The molecule has 1 aliphatic rings. The number of benzene rings is 2. The number of aryl methyl sites for hydroxylation is 1. The Bertz CT molecular complexity index is 1010. The van der Waals surface area contributed by atoms with Gasteiger partial charge < -0.3 is 19.5 Å². The summed E-state index contributed by atoms with van der Waals surface area (Å²) in [5.74, 6) is 1.17. The van der Waals surface area contributed by atoms with Crippen LogP contribution in [0.1, 0.15) is 19.4 Å². The van der Waals surface area contributed by atoms with Crippen LogP contribution in [0.4, 0.5) is 5.69 Å². The third-order valence-corrected chi connectivity index (χ3v) is 6.36. The van der Waals surface area contributed by atoms with E-state index in [1.807, 2.05) is 31.2 Å². The van der Waals surface area contributed by atoms with E-state index in [9.17, 15) is 13.2 Å². The third kappa shape index (κ3) is 5.15. The summed E-state index contributed by atoms with van der Waals surface area (Å²) in [6.07, 6.45) is 0. The van der Waals surface area contributed by atoms with Gasteiger partial charge in [-0.05, 0) is 44.5 Å². The number of carbonyl (C=O) groups excluding carboxylic acids is 1. The number of rotatable bonds is 9. The van der Waals surface area contributed by atoms with Crippen LogP contribution in [0.3, 0.4) is 0 Å². The van der Waals surface area contributed by atoms with Crippen LogP contribution in [0.15, 0.2) is 42.5 Å². The summed E-state index contributed by atoms with van der Waals surface area (Å²) in [4.78, 5) is 12.6. The van der Waals surface area contributed by atoms with Crippen LogP contribution in [0.5, 0.6) is 17.2 Å². The average Bonchev–Trinajstić information content (AvgIpc) is 3.19. The normalized spacial score (nSPS) is 13.6. The number of amides is 1. The molecule has 2 aromatic rings. The van der Waals surface area contributed by atoms with E-state index in [1.54, 1.807) is 25.1 Å². The summed E-state index contributed by atoms with van der Waals surface area (Å²) in [5, 5.41) is 2.79. The molecule has 3 rings (SSSR count). The molecule has 1 heterocycles. The van der Waals surface area contributed by atoms with Crippen LogP contribution in [0, 0.1) is 6.92 Å². The predicted octanol–water partition coefficient (Wildman–Crippen LogP) is 2.46. The largest absolute Gasteiger partial charge is 0.491 e. The maximum Gasteiger partial charge on any atom is 0.241 e. The molecule has 0 fully saturated rings. The van der Waals surface area contributed by atoms with Crippen molar-refractivity contribution in [3.8, 4) is 17.2 Å². The summed E-state index contributed by atoms with van der Waals surface area (Å²) in [6.45, 7) is 5.28. The molecule has 0 radical (unpaired) electrons. The quantitative estimate of drug-likeness (QED) is 0.652. The number of hydrogen-bond donors (Lipinski definition) is 1. The predicted molar refractivity (Wildman–Crippen MR) is 114 cm³/mol. The van der Waals surface area contributed by atoms with Gasteiger partial charge in [-0.25, -0.2) is 8.42 Å². The Labute approximate surface area is 176 Å². The van der Waals surface area contributed by atoms with Gasteiger partial charge in [0.1, 0.15) is 18.9 Å². The number of carbonyl (C=O) groups is 1. The van der Waals surface area contributed by atoms with Crippen LogP contribution in [0.25, 0.3) is 0 Å². The minimum Gasteiger partial charge on any atom is -0.491 e. The molecule has 0 unspecified atom stereocenters. The van der Waals surface area contributed by atoms with Gasteiger partial charge in [0.05, 0.1) is 17.5 Å². The molecule has 0 bridgehead atoms. The minimum absolute atomic E-state index is 0.0816. The van der Waals surface area contributed by atoms with Crippen molar-refractivity contribution in [3.05, 3.63) is 48.0 Å². The fraction of sp³-hybridized carbons (Fsp3) is 0.381. The number of anilines is 1. The Morgan fingerprint density at radius 1 is 1.20 bits per heavy atom. The van der Waals surface area contributed by atoms with E-state index in [4.69, 9.17) is 14.2 Å². The first-order chi connectivity index (χ1) is 14.3. The maximum atomic E-state index is 12.6. The van der Waals surface area contributed by atoms with Crippen molar-refractivity contribution in [2.75, 3.05) is 30.0 Å². The van der Waals surface area contributed by atoms with Crippen LogP contribution in [-0.2, 0) is 14.8 Å². The second-order valence-corrected chi connectivity index (χ2v) is 9.17. The first-order valence-electron chi connectivity index (χ1n) is 9.68. The number of ether oxygens (including phenoxy) is 3. The van der Waals surface area contributed by atoms with Gasteiger partial charge in [-0.1, -0.05) is 18.2 Å². The van der Waals surface area contributed by atoms with Gasteiger partial charge in [-0.3, -0.25) is 9.10 Å². The van der Waals surface area contributed by atoms with Crippen molar-refractivity contribution in [1.82, 2.24) is 5.32 Å². The molecule has 1 atom stereocenters. The molecule has 8 nitrogen and oxygen atoms in total. The van der Waals surface area contributed by atoms with E-state index >= 15 is 0 Å². The third-order valence-electron chi connectivity index (χ3n) is 4.62. The lowest BCUT2D eigenvalue weighted by atomic mass is 10.2. The first kappa shape index (κ1) is 21.8. The molecule has 0 spiro atoms. The molecular formula is C21H26N2O6S. The van der Waals surface area contributed by atoms with Crippen LogP contribution < -0.4 is 23.8 Å². The number of fused-ring (bicyclic) bond motifs is 1. The van der Waals surface area contributed by atoms with Crippen molar-refractivity contribution in [3.63, 3.8) is 0 Å². The molecule has 0 aromatic heterocycles. The second-order valence-electron chi connectivity index (χ2n) is 6.99. The summed E-state index contributed by atoms with van der Waals surface area (Å²) in [5.41, 5.74) is 1.35. The number of hydrogen-bond acceptors (Lipinski definition) is 6. The SMILES string of the molecule is CCS(=O)(=O)N(CC(=O)N[C@@H](C)COc1ccccc1C)c1ccc2c(c1)OCO2. The molecule has 30 heavy (non-hydrogen) atoms. The van der Waals surface area contributed by atoms with E-state index in [1.165, 1.54) is 6.92 Å². The van der Waals surface area contributed by atoms with Gasteiger partial charge in [0.2, 0.25) is 22.7 Å². The summed E-state index contributed by atoms with van der Waals surface area (Å²) < 4.78 is 42.7.